The van der Waals surface area contributed by atoms with Crippen LogP contribution in [0.4, 0.5) is 13.2 Å². The predicted octanol–water partition coefficient (Wildman–Crippen LogP) is 5.03. The van der Waals surface area contributed by atoms with Crippen LogP contribution < -0.4 is 4.74 Å². The number of thiazole rings is 1. The Bertz CT molecular complexity index is 1180. The summed E-state index contributed by atoms with van der Waals surface area (Å²) in [4.78, 5) is 32.9. The van der Waals surface area contributed by atoms with Crippen LogP contribution >= 0.6 is 11.3 Å². The van der Waals surface area contributed by atoms with Gasteiger partial charge in [-0.3, -0.25) is 9.59 Å². The highest BCUT2D eigenvalue weighted by molar-refractivity contribution is 7.10. The molecule has 0 radical (unpaired) electrons. The average Bonchev–Trinajstić information content (AvgIpc) is 3.21. The van der Waals surface area contributed by atoms with E-state index in [4.69, 9.17) is 4.74 Å². The summed E-state index contributed by atoms with van der Waals surface area (Å²) in [7, 11) is 0. The standard InChI is InChI=1S/C25H24F3N3O3S/c1-17(32)30-12-11-22(31(14-13-30)23(33)15-34-18-7-3-2-4-8-18)24-29-21(16-35-24)19-9-5-6-10-20(19)25(26,27)28/h2-10,16,22H,11-15H2,1H3. The van der Waals surface area contributed by atoms with Crippen molar-refractivity contribution in [2.75, 3.05) is 26.2 Å². The van der Waals surface area contributed by atoms with Crippen LogP contribution in [0.2, 0.25) is 0 Å². The number of carbonyl (C=O) groups excluding carboxylic acids is 2. The molecule has 1 aliphatic heterocycles. The molecule has 0 aliphatic carbocycles. The zero-order valence-corrected chi connectivity index (χ0v) is 19.8. The lowest BCUT2D eigenvalue weighted by molar-refractivity contribution is -0.137. The molecular weight excluding hydrogens is 479 g/mol. The molecule has 1 unspecified atom stereocenters. The number of hydrogen-bond acceptors (Lipinski definition) is 5. The maximum absolute atomic E-state index is 13.5. The van der Waals surface area contributed by atoms with Crippen LogP contribution in [0.15, 0.2) is 60.0 Å². The van der Waals surface area contributed by atoms with Crippen LogP contribution in [0.1, 0.15) is 30.0 Å². The molecule has 2 amide bonds. The zero-order valence-electron chi connectivity index (χ0n) is 19.0. The van der Waals surface area contributed by atoms with Gasteiger partial charge in [-0.2, -0.15) is 13.2 Å². The molecule has 1 aromatic heterocycles. The number of amides is 2. The van der Waals surface area contributed by atoms with Crippen molar-refractivity contribution in [1.29, 1.82) is 0 Å². The molecule has 6 nitrogen and oxygen atoms in total. The molecule has 3 aromatic rings. The molecule has 1 fully saturated rings. The molecule has 1 aliphatic rings. The minimum absolute atomic E-state index is 0.00762. The Labute approximate surface area is 205 Å². The third-order valence-corrected chi connectivity index (χ3v) is 6.79. The quantitative estimate of drug-likeness (QED) is 0.490. The van der Waals surface area contributed by atoms with E-state index in [1.807, 2.05) is 6.07 Å². The molecule has 1 saturated heterocycles. The summed E-state index contributed by atoms with van der Waals surface area (Å²) < 4.78 is 46.2. The fraction of sp³-hybridized carbons (Fsp3) is 0.320. The normalized spacial score (nSPS) is 16.6. The zero-order chi connectivity index (χ0) is 25.0. The number of halogens is 3. The van der Waals surface area contributed by atoms with Gasteiger partial charge >= 0.3 is 6.18 Å². The van der Waals surface area contributed by atoms with E-state index in [1.54, 1.807) is 39.4 Å². The van der Waals surface area contributed by atoms with Crippen LogP contribution in [-0.4, -0.2) is 52.8 Å². The second kappa shape index (κ2) is 10.5. The van der Waals surface area contributed by atoms with E-state index < -0.39 is 17.8 Å². The molecular formula is C25H24F3N3O3S. The van der Waals surface area contributed by atoms with Crippen molar-refractivity contribution < 1.29 is 27.5 Å². The van der Waals surface area contributed by atoms with Crippen molar-refractivity contribution in [2.45, 2.75) is 25.6 Å². The third-order valence-electron chi connectivity index (χ3n) is 5.85. The molecule has 0 bridgehead atoms. The van der Waals surface area contributed by atoms with E-state index >= 15 is 0 Å². The van der Waals surface area contributed by atoms with Gasteiger partial charge in [-0.1, -0.05) is 36.4 Å². The molecule has 2 heterocycles. The summed E-state index contributed by atoms with van der Waals surface area (Å²) in [5.41, 5.74) is -0.560. The lowest BCUT2D eigenvalue weighted by Crippen LogP contribution is -2.40. The minimum Gasteiger partial charge on any atom is -0.484 e. The Hall–Kier alpha value is -3.40. The largest absolute Gasteiger partial charge is 0.484 e. The predicted molar refractivity (Wildman–Crippen MR) is 126 cm³/mol. The van der Waals surface area contributed by atoms with Crippen molar-refractivity contribution in [3.05, 3.63) is 70.5 Å². The monoisotopic (exact) mass is 503 g/mol. The fourth-order valence-corrected chi connectivity index (χ4v) is 5.03. The van der Waals surface area contributed by atoms with Gasteiger partial charge in [0.2, 0.25) is 5.91 Å². The van der Waals surface area contributed by atoms with Gasteiger partial charge in [0.05, 0.1) is 17.3 Å². The van der Waals surface area contributed by atoms with E-state index in [0.717, 1.165) is 6.07 Å². The van der Waals surface area contributed by atoms with Crippen molar-refractivity contribution in [3.63, 3.8) is 0 Å². The Kier molecular flexibility index (Phi) is 7.39. The van der Waals surface area contributed by atoms with Crippen molar-refractivity contribution in [1.82, 2.24) is 14.8 Å². The van der Waals surface area contributed by atoms with Crippen molar-refractivity contribution >= 4 is 23.2 Å². The number of aromatic nitrogens is 1. The first kappa shape index (κ1) is 24.7. The first-order valence-corrected chi connectivity index (χ1v) is 12.0. The van der Waals surface area contributed by atoms with E-state index in [2.05, 4.69) is 4.98 Å². The molecule has 184 valence electrons. The summed E-state index contributed by atoms with van der Waals surface area (Å²) in [6.07, 6.45) is -4.09. The number of ether oxygens (including phenoxy) is 1. The smallest absolute Gasteiger partial charge is 0.417 e. The van der Waals surface area contributed by atoms with Gasteiger partial charge in [-0.05, 0) is 24.6 Å². The third kappa shape index (κ3) is 5.82. The van der Waals surface area contributed by atoms with E-state index in [-0.39, 0.29) is 36.2 Å². The molecule has 0 spiro atoms. The summed E-state index contributed by atoms with van der Waals surface area (Å²) in [5.74, 6) is 0.173. The Balaban J connectivity index is 1.61. The maximum Gasteiger partial charge on any atom is 0.417 e. The van der Waals surface area contributed by atoms with Gasteiger partial charge in [-0.15, -0.1) is 11.3 Å². The van der Waals surface area contributed by atoms with Crippen LogP contribution in [-0.2, 0) is 15.8 Å². The maximum atomic E-state index is 13.5. The molecule has 1 atom stereocenters. The Morgan fingerprint density at radius 2 is 1.77 bits per heavy atom. The Morgan fingerprint density at radius 3 is 2.49 bits per heavy atom. The van der Waals surface area contributed by atoms with E-state index in [1.165, 1.54) is 36.5 Å². The SMILES string of the molecule is CC(=O)N1CCC(c2nc(-c3ccccc3C(F)(F)F)cs2)N(C(=O)COc2ccccc2)CC1. The van der Waals surface area contributed by atoms with Crippen LogP contribution in [0, 0.1) is 0 Å². The summed E-state index contributed by atoms with van der Waals surface area (Å²) in [6, 6.07) is 13.8. The number of hydrogen-bond donors (Lipinski definition) is 0. The second-order valence-electron chi connectivity index (χ2n) is 8.11. The number of benzene rings is 2. The number of para-hydroxylation sites is 1. The number of rotatable bonds is 5. The molecule has 2 aromatic carbocycles. The fourth-order valence-electron chi connectivity index (χ4n) is 4.06. The molecule has 4 rings (SSSR count). The lowest BCUT2D eigenvalue weighted by atomic mass is 10.0. The number of carbonyl (C=O) groups is 2. The summed E-state index contributed by atoms with van der Waals surface area (Å²) in [5, 5.41) is 2.10. The molecule has 0 saturated carbocycles. The highest BCUT2D eigenvalue weighted by atomic mass is 32.1. The van der Waals surface area contributed by atoms with Crippen LogP contribution in [0.25, 0.3) is 11.3 Å². The van der Waals surface area contributed by atoms with Gasteiger partial charge in [0.15, 0.2) is 6.61 Å². The number of alkyl halides is 3. The molecule has 10 heteroatoms. The van der Waals surface area contributed by atoms with Gasteiger partial charge < -0.3 is 14.5 Å². The molecule has 35 heavy (non-hydrogen) atoms. The van der Waals surface area contributed by atoms with Crippen molar-refractivity contribution in [3.8, 4) is 17.0 Å². The highest BCUT2D eigenvalue weighted by Gasteiger charge is 2.35. The van der Waals surface area contributed by atoms with Gasteiger partial charge in [0.25, 0.3) is 5.91 Å². The number of nitrogens with zero attached hydrogens (tertiary/aromatic N) is 3. The average molecular weight is 504 g/mol. The van der Waals surface area contributed by atoms with Gasteiger partial charge in [-0.25, -0.2) is 4.98 Å². The van der Waals surface area contributed by atoms with Crippen LogP contribution in [0.3, 0.4) is 0 Å². The van der Waals surface area contributed by atoms with Gasteiger partial charge in [0, 0.05) is 37.5 Å². The first-order chi connectivity index (χ1) is 16.7. The summed E-state index contributed by atoms with van der Waals surface area (Å²) in [6.45, 7) is 2.32. The lowest BCUT2D eigenvalue weighted by Gasteiger charge is -2.28. The van der Waals surface area contributed by atoms with E-state index in [0.29, 0.717) is 30.3 Å². The highest BCUT2D eigenvalue weighted by Crippen LogP contribution is 2.39. The van der Waals surface area contributed by atoms with E-state index in [9.17, 15) is 22.8 Å². The first-order valence-electron chi connectivity index (χ1n) is 11.1. The van der Waals surface area contributed by atoms with Crippen LogP contribution in [0.5, 0.6) is 5.75 Å². The van der Waals surface area contributed by atoms with Gasteiger partial charge in [0.1, 0.15) is 10.8 Å². The van der Waals surface area contributed by atoms with Crippen molar-refractivity contribution in [2.24, 2.45) is 0 Å². The summed E-state index contributed by atoms with van der Waals surface area (Å²) >= 11 is 1.21. The molecule has 0 N–H and O–H groups in total. The topological polar surface area (TPSA) is 62.7 Å². The minimum atomic E-state index is -4.51. The second-order valence-corrected chi connectivity index (χ2v) is 9.00. The Morgan fingerprint density at radius 1 is 1.06 bits per heavy atom.